The predicted molar refractivity (Wildman–Crippen MR) is 146 cm³/mol. The number of phenolic OH excluding ortho intramolecular Hbond substituents is 1. The highest BCUT2D eigenvalue weighted by atomic mass is 16.5. The van der Waals surface area contributed by atoms with Gasteiger partial charge in [-0.05, 0) is 47.8 Å². The highest BCUT2D eigenvalue weighted by Gasteiger charge is 2.23. The fourth-order valence-electron chi connectivity index (χ4n) is 4.67. The zero-order valence-electron chi connectivity index (χ0n) is 23.3. The topological polar surface area (TPSA) is 46.5 Å². The zero-order valence-corrected chi connectivity index (χ0v) is 23.3. The highest BCUT2D eigenvalue weighted by molar-refractivity contribution is 5.73. The van der Waals surface area contributed by atoms with Crippen LogP contribution in [0.4, 0.5) is 0 Å². The van der Waals surface area contributed by atoms with Crippen LogP contribution in [0.2, 0.25) is 0 Å². The van der Waals surface area contributed by atoms with Gasteiger partial charge < -0.3 is 9.84 Å². The summed E-state index contributed by atoms with van der Waals surface area (Å²) < 4.78 is 5.77. The molecule has 0 aromatic heterocycles. The number of esters is 1. The number of carbonyl (C=O) groups excluding carboxylic acids is 1. The van der Waals surface area contributed by atoms with E-state index in [1.165, 1.54) is 57.8 Å². The second-order valence-electron chi connectivity index (χ2n) is 10.8. The lowest BCUT2D eigenvalue weighted by Crippen LogP contribution is -2.21. The molecule has 1 rings (SSSR count). The number of ether oxygens (including phenoxy) is 1. The first kappa shape index (κ1) is 30.5. The van der Waals surface area contributed by atoms with E-state index in [1.807, 2.05) is 0 Å². The Hall–Kier alpha value is -1.51. The summed E-state index contributed by atoms with van der Waals surface area (Å²) in [5.41, 5.74) is 3.12. The van der Waals surface area contributed by atoms with E-state index in [1.54, 1.807) is 0 Å². The van der Waals surface area contributed by atoms with E-state index in [2.05, 4.69) is 53.7 Å². The van der Waals surface area contributed by atoms with Gasteiger partial charge in [-0.3, -0.25) is 4.79 Å². The van der Waals surface area contributed by atoms with Gasteiger partial charge in [-0.2, -0.15) is 0 Å². The summed E-state index contributed by atoms with van der Waals surface area (Å²) in [6.07, 6.45) is 16.1. The second-order valence-corrected chi connectivity index (χ2v) is 10.8. The fourth-order valence-corrected chi connectivity index (χ4v) is 4.67. The first-order chi connectivity index (χ1) is 16.3. The van der Waals surface area contributed by atoms with Crippen LogP contribution in [-0.4, -0.2) is 17.7 Å². The Morgan fingerprint density at radius 2 is 1.24 bits per heavy atom. The van der Waals surface area contributed by atoms with Crippen molar-refractivity contribution in [3.63, 3.8) is 0 Å². The van der Waals surface area contributed by atoms with E-state index >= 15 is 0 Å². The molecule has 0 aliphatic rings. The van der Waals surface area contributed by atoms with Gasteiger partial charge in [-0.15, -0.1) is 0 Å². The highest BCUT2D eigenvalue weighted by Crippen LogP contribution is 2.35. The Bertz CT molecular complexity index is 648. The lowest BCUT2D eigenvalue weighted by Gasteiger charge is -2.20. The summed E-state index contributed by atoms with van der Waals surface area (Å²) in [5.74, 6) is 0.776. The molecular formula is C31H54O3. The molecule has 3 heteroatoms. The summed E-state index contributed by atoms with van der Waals surface area (Å²) in [7, 11) is 0. The molecule has 1 aromatic rings. The van der Waals surface area contributed by atoms with Crippen LogP contribution in [0.5, 0.6) is 5.75 Å². The van der Waals surface area contributed by atoms with Gasteiger partial charge in [0.2, 0.25) is 0 Å². The predicted octanol–water partition coefficient (Wildman–Crippen LogP) is 9.45. The molecule has 0 amide bonds. The monoisotopic (exact) mass is 474 g/mol. The average Bonchev–Trinajstić information content (AvgIpc) is 2.80. The SMILES string of the molecule is CCCCCCCCOC(=O)C(CCCCCCCC)Cc1cc(C(C)C)c(O)c(C(C)C)c1. The number of hydrogen-bond acceptors (Lipinski definition) is 3. The lowest BCUT2D eigenvalue weighted by molar-refractivity contribution is -0.149. The normalized spacial score (nSPS) is 12.5. The van der Waals surface area contributed by atoms with E-state index < -0.39 is 0 Å². The fraction of sp³-hybridized carbons (Fsp3) is 0.774. The molecule has 0 fully saturated rings. The van der Waals surface area contributed by atoms with Crippen molar-refractivity contribution in [2.75, 3.05) is 6.61 Å². The Labute approximate surface area is 211 Å². The number of unbranched alkanes of at least 4 members (excludes halogenated alkanes) is 10. The quantitative estimate of drug-likeness (QED) is 0.160. The van der Waals surface area contributed by atoms with E-state index in [-0.39, 0.29) is 23.7 Å². The molecular weight excluding hydrogens is 420 g/mol. The molecule has 0 aliphatic carbocycles. The Kier molecular flexibility index (Phi) is 16.0. The molecule has 1 aromatic carbocycles. The first-order valence-electron chi connectivity index (χ1n) is 14.3. The van der Waals surface area contributed by atoms with Crippen LogP contribution < -0.4 is 0 Å². The van der Waals surface area contributed by atoms with Crippen molar-refractivity contribution in [1.82, 2.24) is 0 Å². The van der Waals surface area contributed by atoms with Gasteiger partial charge in [0, 0.05) is 0 Å². The van der Waals surface area contributed by atoms with Crippen LogP contribution in [0.3, 0.4) is 0 Å². The van der Waals surface area contributed by atoms with Gasteiger partial charge >= 0.3 is 5.97 Å². The van der Waals surface area contributed by atoms with Crippen LogP contribution in [0.15, 0.2) is 12.1 Å². The molecule has 0 radical (unpaired) electrons. The number of phenols is 1. The average molecular weight is 475 g/mol. The molecule has 1 atom stereocenters. The number of benzene rings is 1. The summed E-state index contributed by atoms with van der Waals surface area (Å²) in [6.45, 7) is 13.5. The van der Waals surface area contributed by atoms with Crippen LogP contribution in [0, 0.1) is 5.92 Å². The minimum absolute atomic E-state index is 0.0348. The van der Waals surface area contributed by atoms with Gasteiger partial charge in [-0.1, -0.05) is 124 Å². The van der Waals surface area contributed by atoms with Crippen molar-refractivity contribution >= 4 is 5.97 Å². The van der Waals surface area contributed by atoms with E-state index in [0.717, 1.165) is 42.4 Å². The summed E-state index contributed by atoms with van der Waals surface area (Å²) >= 11 is 0. The van der Waals surface area contributed by atoms with E-state index in [4.69, 9.17) is 4.74 Å². The van der Waals surface area contributed by atoms with Crippen molar-refractivity contribution in [1.29, 1.82) is 0 Å². The van der Waals surface area contributed by atoms with Crippen LogP contribution in [-0.2, 0) is 16.0 Å². The Balaban J connectivity index is 2.82. The lowest BCUT2D eigenvalue weighted by atomic mass is 9.87. The van der Waals surface area contributed by atoms with E-state index in [0.29, 0.717) is 18.8 Å². The number of carbonyl (C=O) groups is 1. The van der Waals surface area contributed by atoms with Gasteiger partial charge in [0.1, 0.15) is 5.75 Å². The number of hydrogen-bond donors (Lipinski definition) is 1. The molecule has 0 saturated heterocycles. The van der Waals surface area contributed by atoms with Crippen molar-refractivity contribution in [3.8, 4) is 5.75 Å². The standard InChI is InChI=1S/C31H54O3/c1-7-9-11-13-15-17-19-27(31(33)34-20-18-16-14-12-10-8-2)21-26-22-28(24(3)4)30(32)29(23-26)25(5)6/h22-25,27,32H,7-21H2,1-6H3. The molecule has 0 heterocycles. The summed E-state index contributed by atoms with van der Waals surface area (Å²) in [6, 6.07) is 4.22. The van der Waals surface area contributed by atoms with Gasteiger partial charge in [0.15, 0.2) is 0 Å². The summed E-state index contributed by atoms with van der Waals surface area (Å²) in [4.78, 5) is 13.1. The number of aromatic hydroxyl groups is 1. The molecule has 1 unspecified atom stereocenters. The van der Waals surface area contributed by atoms with E-state index in [9.17, 15) is 9.90 Å². The zero-order chi connectivity index (χ0) is 25.3. The third-order valence-corrected chi connectivity index (χ3v) is 6.94. The molecule has 0 aliphatic heterocycles. The minimum atomic E-state index is -0.101. The van der Waals surface area contributed by atoms with Crippen molar-refractivity contribution in [2.24, 2.45) is 5.92 Å². The van der Waals surface area contributed by atoms with Crippen LogP contribution in [0.1, 0.15) is 154 Å². The molecule has 1 N–H and O–H groups in total. The maximum Gasteiger partial charge on any atom is 0.309 e. The van der Waals surface area contributed by atoms with Gasteiger partial charge in [0.25, 0.3) is 0 Å². The molecule has 196 valence electrons. The molecule has 3 nitrogen and oxygen atoms in total. The first-order valence-corrected chi connectivity index (χ1v) is 14.3. The molecule has 0 saturated carbocycles. The van der Waals surface area contributed by atoms with Crippen molar-refractivity contribution in [3.05, 3.63) is 28.8 Å². The maximum absolute atomic E-state index is 13.1. The third kappa shape index (κ3) is 11.8. The maximum atomic E-state index is 13.1. The van der Waals surface area contributed by atoms with Crippen LogP contribution in [0.25, 0.3) is 0 Å². The second kappa shape index (κ2) is 17.9. The summed E-state index contributed by atoms with van der Waals surface area (Å²) in [5, 5.41) is 10.8. The molecule has 0 bridgehead atoms. The Morgan fingerprint density at radius 1 is 0.765 bits per heavy atom. The van der Waals surface area contributed by atoms with Crippen molar-refractivity contribution < 1.29 is 14.6 Å². The third-order valence-electron chi connectivity index (χ3n) is 6.94. The molecule has 0 spiro atoms. The van der Waals surface area contributed by atoms with Crippen molar-refractivity contribution in [2.45, 2.75) is 143 Å². The minimum Gasteiger partial charge on any atom is -0.507 e. The van der Waals surface area contributed by atoms with Gasteiger partial charge in [-0.25, -0.2) is 0 Å². The Morgan fingerprint density at radius 3 is 1.74 bits per heavy atom. The van der Waals surface area contributed by atoms with Crippen LogP contribution >= 0.6 is 0 Å². The molecule has 34 heavy (non-hydrogen) atoms. The smallest absolute Gasteiger partial charge is 0.309 e. The van der Waals surface area contributed by atoms with Gasteiger partial charge in [0.05, 0.1) is 12.5 Å². The largest absolute Gasteiger partial charge is 0.507 e. The number of rotatable bonds is 19.